The van der Waals surface area contributed by atoms with E-state index in [0.717, 1.165) is 24.4 Å². The van der Waals surface area contributed by atoms with Crippen LogP contribution in [0.5, 0.6) is 0 Å². The molecule has 0 spiro atoms. The predicted molar refractivity (Wildman–Crippen MR) is 51.8 cm³/mol. The minimum absolute atomic E-state index is 0.173. The Hall–Kier alpha value is -1.98. The lowest BCUT2D eigenvalue weighted by Gasteiger charge is -2.08. The van der Waals surface area contributed by atoms with Gasteiger partial charge in [-0.05, 0) is 18.2 Å². The standard InChI is InChI=1S/C10H8F3NO2/c11-10(12,13)7-2-1-3-8(6-7)14-5-4-9(15)16/h1-6,14H,(H,15,16)/b5-4+. The third kappa shape index (κ3) is 3.64. The average molecular weight is 231 g/mol. The quantitative estimate of drug-likeness (QED) is 0.786. The molecule has 16 heavy (non-hydrogen) atoms. The van der Waals surface area contributed by atoms with Crippen LogP contribution in [-0.2, 0) is 11.0 Å². The van der Waals surface area contributed by atoms with Crippen LogP contribution in [0, 0.1) is 0 Å². The molecule has 86 valence electrons. The maximum absolute atomic E-state index is 12.3. The van der Waals surface area contributed by atoms with Gasteiger partial charge < -0.3 is 10.4 Å². The van der Waals surface area contributed by atoms with Crippen molar-refractivity contribution in [3.8, 4) is 0 Å². The second-order valence-corrected chi connectivity index (χ2v) is 2.89. The first kappa shape index (κ1) is 12.1. The molecule has 0 aliphatic carbocycles. The van der Waals surface area contributed by atoms with Gasteiger partial charge in [-0.25, -0.2) is 4.79 Å². The van der Waals surface area contributed by atoms with Crippen molar-refractivity contribution in [3.05, 3.63) is 42.1 Å². The number of carbonyl (C=O) groups is 1. The molecule has 0 aromatic heterocycles. The van der Waals surface area contributed by atoms with Crippen LogP contribution in [-0.4, -0.2) is 11.1 Å². The SMILES string of the molecule is O=C(O)/C=C/Nc1cccc(C(F)(F)F)c1. The van der Waals surface area contributed by atoms with E-state index in [9.17, 15) is 18.0 Å². The number of hydrogen-bond acceptors (Lipinski definition) is 2. The van der Waals surface area contributed by atoms with Crippen LogP contribution >= 0.6 is 0 Å². The van der Waals surface area contributed by atoms with E-state index in [1.165, 1.54) is 12.1 Å². The summed E-state index contributed by atoms with van der Waals surface area (Å²) in [6, 6.07) is 4.47. The molecule has 0 fully saturated rings. The highest BCUT2D eigenvalue weighted by molar-refractivity contribution is 5.80. The maximum Gasteiger partial charge on any atom is 0.416 e. The van der Waals surface area contributed by atoms with E-state index in [4.69, 9.17) is 5.11 Å². The van der Waals surface area contributed by atoms with E-state index < -0.39 is 17.7 Å². The lowest BCUT2D eigenvalue weighted by molar-refractivity contribution is -0.137. The van der Waals surface area contributed by atoms with E-state index in [1.54, 1.807) is 0 Å². The Labute approximate surface area is 89.2 Å². The van der Waals surface area contributed by atoms with Crippen LogP contribution in [0.1, 0.15) is 5.56 Å². The van der Waals surface area contributed by atoms with Crippen LogP contribution in [0.25, 0.3) is 0 Å². The molecule has 0 saturated heterocycles. The summed E-state index contributed by atoms with van der Waals surface area (Å²) in [6.07, 6.45) is -2.56. The number of aliphatic carboxylic acids is 1. The molecule has 0 amide bonds. The molecule has 0 atom stereocenters. The first-order chi connectivity index (χ1) is 7.39. The summed E-state index contributed by atoms with van der Waals surface area (Å²) in [4.78, 5) is 10.1. The Morgan fingerprint density at radius 3 is 2.62 bits per heavy atom. The third-order valence-electron chi connectivity index (χ3n) is 1.67. The van der Waals surface area contributed by atoms with Crippen molar-refractivity contribution in [1.82, 2.24) is 0 Å². The first-order valence-electron chi connectivity index (χ1n) is 4.23. The Kier molecular flexibility index (Phi) is 3.55. The van der Waals surface area contributed by atoms with Crippen LogP contribution in [0.15, 0.2) is 36.5 Å². The number of rotatable bonds is 3. The summed E-state index contributed by atoms with van der Waals surface area (Å²) in [7, 11) is 0. The molecular formula is C10H8F3NO2. The summed E-state index contributed by atoms with van der Waals surface area (Å²) in [6.45, 7) is 0. The first-order valence-corrected chi connectivity index (χ1v) is 4.23. The normalized spacial score (nSPS) is 11.7. The largest absolute Gasteiger partial charge is 0.478 e. The van der Waals surface area contributed by atoms with Crippen molar-refractivity contribution in [1.29, 1.82) is 0 Å². The zero-order valence-corrected chi connectivity index (χ0v) is 7.95. The minimum atomic E-state index is -4.41. The Bertz CT molecular complexity index is 413. The van der Waals surface area contributed by atoms with Gasteiger partial charge in [0.25, 0.3) is 0 Å². The van der Waals surface area contributed by atoms with Crippen LogP contribution in [0.3, 0.4) is 0 Å². The average Bonchev–Trinajstić information content (AvgIpc) is 2.16. The van der Waals surface area contributed by atoms with E-state index in [2.05, 4.69) is 5.32 Å². The van der Waals surface area contributed by atoms with Gasteiger partial charge in [-0.15, -0.1) is 0 Å². The molecule has 0 aliphatic heterocycles. The monoisotopic (exact) mass is 231 g/mol. The number of anilines is 1. The summed E-state index contributed by atoms with van der Waals surface area (Å²) in [5.74, 6) is -1.18. The zero-order valence-electron chi connectivity index (χ0n) is 7.95. The van der Waals surface area contributed by atoms with Gasteiger partial charge >= 0.3 is 12.1 Å². The lowest BCUT2D eigenvalue weighted by atomic mass is 10.2. The Morgan fingerprint density at radius 1 is 1.38 bits per heavy atom. The number of alkyl halides is 3. The highest BCUT2D eigenvalue weighted by atomic mass is 19.4. The molecule has 6 heteroatoms. The zero-order chi connectivity index (χ0) is 12.2. The fourth-order valence-electron chi connectivity index (χ4n) is 0.994. The van der Waals surface area contributed by atoms with Crippen molar-refractivity contribution in [3.63, 3.8) is 0 Å². The smallest absolute Gasteiger partial charge is 0.416 e. The van der Waals surface area contributed by atoms with E-state index in [-0.39, 0.29) is 5.69 Å². The van der Waals surface area contributed by atoms with Gasteiger partial charge in [0.2, 0.25) is 0 Å². The van der Waals surface area contributed by atoms with E-state index in [0.29, 0.717) is 0 Å². The maximum atomic E-state index is 12.3. The molecular weight excluding hydrogens is 223 g/mol. The second-order valence-electron chi connectivity index (χ2n) is 2.89. The molecule has 3 nitrogen and oxygen atoms in total. The Morgan fingerprint density at radius 2 is 2.06 bits per heavy atom. The topological polar surface area (TPSA) is 49.3 Å². The van der Waals surface area contributed by atoms with Gasteiger partial charge in [0.1, 0.15) is 0 Å². The summed E-state index contributed by atoms with van der Waals surface area (Å²) >= 11 is 0. The minimum Gasteiger partial charge on any atom is -0.478 e. The molecule has 1 aromatic rings. The number of halogens is 3. The number of carboxylic acids is 1. The van der Waals surface area contributed by atoms with Crippen molar-refractivity contribution in [2.45, 2.75) is 6.18 Å². The van der Waals surface area contributed by atoms with Gasteiger partial charge in [-0.2, -0.15) is 13.2 Å². The van der Waals surface area contributed by atoms with Crippen molar-refractivity contribution < 1.29 is 23.1 Å². The van der Waals surface area contributed by atoms with Gasteiger partial charge in [-0.3, -0.25) is 0 Å². The van der Waals surface area contributed by atoms with Gasteiger partial charge in [0.15, 0.2) is 0 Å². The van der Waals surface area contributed by atoms with E-state index in [1.807, 2.05) is 0 Å². The van der Waals surface area contributed by atoms with Crippen molar-refractivity contribution >= 4 is 11.7 Å². The van der Waals surface area contributed by atoms with Gasteiger partial charge in [0.05, 0.1) is 5.56 Å². The molecule has 1 aromatic carbocycles. The van der Waals surface area contributed by atoms with Crippen molar-refractivity contribution in [2.24, 2.45) is 0 Å². The van der Waals surface area contributed by atoms with Gasteiger partial charge in [0, 0.05) is 18.0 Å². The molecule has 0 radical (unpaired) electrons. The highest BCUT2D eigenvalue weighted by Crippen LogP contribution is 2.30. The van der Waals surface area contributed by atoms with Gasteiger partial charge in [-0.1, -0.05) is 6.07 Å². The molecule has 0 saturated carbocycles. The van der Waals surface area contributed by atoms with E-state index >= 15 is 0 Å². The van der Waals surface area contributed by atoms with Crippen LogP contribution in [0.4, 0.5) is 18.9 Å². The lowest BCUT2D eigenvalue weighted by Crippen LogP contribution is -2.05. The highest BCUT2D eigenvalue weighted by Gasteiger charge is 2.30. The molecule has 0 aliphatic rings. The third-order valence-corrected chi connectivity index (χ3v) is 1.67. The molecule has 2 N–H and O–H groups in total. The number of carboxylic acid groups (broad SMARTS) is 1. The molecule has 0 heterocycles. The summed E-state index contributed by atoms with van der Waals surface area (Å²) in [5.41, 5.74) is -0.617. The summed E-state index contributed by atoms with van der Waals surface area (Å²) in [5, 5.41) is 10.7. The Balaban J connectivity index is 2.79. The fraction of sp³-hybridized carbons (Fsp3) is 0.100. The second kappa shape index (κ2) is 4.69. The summed E-state index contributed by atoms with van der Waals surface area (Å²) < 4.78 is 36.8. The van der Waals surface area contributed by atoms with Crippen LogP contribution in [0.2, 0.25) is 0 Å². The number of hydrogen-bond donors (Lipinski definition) is 2. The fourth-order valence-corrected chi connectivity index (χ4v) is 0.994. The molecule has 1 rings (SSSR count). The molecule has 0 bridgehead atoms. The number of nitrogens with one attached hydrogen (secondary N) is 1. The van der Waals surface area contributed by atoms with Crippen molar-refractivity contribution in [2.75, 3.05) is 5.32 Å². The number of benzene rings is 1. The predicted octanol–water partition coefficient (Wildman–Crippen LogP) is 2.72. The van der Waals surface area contributed by atoms with Crippen LogP contribution < -0.4 is 5.32 Å². The molecule has 0 unspecified atom stereocenters.